The van der Waals surface area contributed by atoms with Crippen LogP contribution in [-0.4, -0.2) is 43.1 Å². The minimum Gasteiger partial charge on any atom is -0.484 e. The molecule has 0 saturated heterocycles. The lowest BCUT2D eigenvalue weighted by atomic mass is 10.2. The highest BCUT2D eigenvalue weighted by Crippen LogP contribution is 2.15. The number of hydrogen-bond acceptors (Lipinski definition) is 4. The third-order valence-corrected chi connectivity index (χ3v) is 3.16. The fourth-order valence-corrected chi connectivity index (χ4v) is 1.87. The van der Waals surface area contributed by atoms with E-state index in [1.165, 1.54) is 7.11 Å². The average Bonchev–Trinajstić information content (AvgIpc) is 2.46. The Morgan fingerprint density at radius 1 is 1.24 bits per heavy atom. The van der Waals surface area contributed by atoms with Crippen LogP contribution in [-0.2, 0) is 14.3 Å². The Morgan fingerprint density at radius 3 is 2.38 bits per heavy atom. The summed E-state index contributed by atoms with van der Waals surface area (Å²) in [5.41, 5.74) is 0. The van der Waals surface area contributed by atoms with E-state index < -0.39 is 0 Å². The van der Waals surface area contributed by atoms with Gasteiger partial charge in [-0.25, -0.2) is 0 Å². The summed E-state index contributed by atoms with van der Waals surface area (Å²) in [6, 6.07) is 6.77. The molecule has 0 N–H and O–H groups in total. The van der Waals surface area contributed by atoms with E-state index in [2.05, 4.69) is 4.74 Å². The van der Waals surface area contributed by atoms with Gasteiger partial charge < -0.3 is 14.4 Å². The van der Waals surface area contributed by atoms with Gasteiger partial charge in [-0.05, 0) is 38.1 Å². The fraction of sp³-hybridized carbons (Fsp3) is 0.467. The number of esters is 1. The van der Waals surface area contributed by atoms with Gasteiger partial charge in [0, 0.05) is 17.6 Å². The lowest BCUT2D eigenvalue weighted by Crippen LogP contribution is -2.41. The van der Waals surface area contributed by atoms with Crippen LogP contribution in [0.5, 0.6) is 5.75 Å². The van der Waals surface area contributed by atoms with Gasteiger partial charge in [0.25, 0.3) is 5.91 Å². The number of halogens is 1. The highest BCUT2D eigenvalue weighted by molar-refractivity contribution is 6.30. The van der Waals surface area contributed by atoms with Gasteiger partial charge in [0.1, 0.15) is 5.75 Å². The van der Waals surface area contributed by atoms with Crippen molar-refractivity contribution < 1.29 is 19.1 Å². The molecule has 1 rings (SSSR count). The molecule has 0 radical (unpaired) electrons. The molecule has 0 atom stereocenters. The van der Waals surface area contributed by atoms with Crippen molar-refractivity contribution in [2.75, 3.05) is 20.3 Å². The van der Waals surface area contributed by atoms with Crippen LogP contribution in [0.25, 0.3) is 0 Å². The number of methoxy groups -OCH3 is 1. The zero-order valence-electron chi connectivity index (χ0n) is 12.5. The fourth-order valence-electron chi connectivity index (χ4n) is 1.74. The molecule has 0 saturated carbocycles. The van der Waals surface area contributed by atoms with Crippen LogP contribution in [0.1, 0.15) is 20.3 Å². The van der Waals surface area contributed by atoms with E-state index in [4.69, 9.17) is 16.3 Å². The van der Waals surface area contributed by atoms with Crippen LogP contribution < -0.4 is 4.74 Å². The highest BCUT2D eigenvalue weighted by Gasteiger charge is 2.18. The maximum Gasteiger partial charge on any atom is 0.307 e. The van der Waals surface area contributed by atoms with Gasteiger partial charge in [0.2, 0.25) is 0 Å². The molecule has 0 aromatic heterocycles. The molecule has 116 valence electrons. The Balaban J connectivity index is 2.52. The second-order valence-electron chi connectivity index (χ2n) is 4.75. The summed E-state index contributed by atoms with van der Waals surface area (Å²) in [5.74, 6) is 0.0559. The predicted molar refractivity (Wildman–Crippen MR) is 80.4 cm³/mol. The van der Waals surface area contributed by atoms with Crippen molar-refractivity contribution in [3.05, 3.63) is 29.3 Å². The maximum atomic E-state index is 12.1. The topological polar surface area (TPSA) is 55.8 Å². The number of ether oxygens (including phenoxy) is 2. The Morgan fingerprint density at radius 2 is 1.86 bits per heavy atom. The van der Waals surface area contributed by atoms with Crippen molar-refractivity contribution in [2.45, 2.75) is 26.3 Å². The quantitative estimate of drug-likeness (QED) is 0.726. The first-order chi connectivity index (χ1) is 9.93. The standard InChI is InChI=1S/C15H20ClNO4/c1-11(2)17(9-8-15(19)20-3)14(18)10-21-13-6-4-12(16)5-7-13/h4-7,11H,8-10H2,1-3H3. The van der Waals surface area contributed by atoms with E-state index in [0.29, 0.717) is 17.3 Å². The monoisotopic (exact) mass is 313 g/mol. The Kier molecular flexibility index (Phi) is 7.02. The molecule has 0 fully saturated rings. The summed E-state index contributed by atoms with van der Waals surface area (Å²) < 4.78 is 10.0. The summed E-state index contributed by atoms with van der Waals surface area (Å²) in [5, 5.41) is 0.607. The average molecular weight is 314 g/mol. The Bertz CT molecular complexity index is 473. The van der Waals surface area contributed by atoms with Gasteiger partial charge in [-0.15, -0.1) is 0 Å². The second kappa shape index (κ2) is 8.52. The molecule has 0 aliphatic heterocycles. The number of carbonyl (C=O) groups excluding carboxylic acids is 2. The molecule has 0 spiro atoms. The van der Waals surface area contributed by atoms with Crippen LogP contribution in [0.3, 0.4) is 0 Å². The third-order valence-electron chi connectivity index (χ3n) is 2.90. The summed E-state index contributed by atoms with van der Waals surface area (Å²) >= 11 is 5.78. The lowest BCUT2D eigenvalue weighted by Gasteiger charge is -2.26. The summed E-state index contributed by atoms with van der Waals surface area (Å²) in [6.45, 7) is 4.00. The molecule has 0 bridgehead atoms. The van der Waals surface area contributed by atoms with Crippen LogP contribution >= 0.6 is 11.6 Å². The minimum absolute atomic E-state index is 0.0176. The number of amides is 1. The zero-order chi connectivity index (χ0) is 15.8. The summed E-state index contributed by atoms with van der Waals surface area (Å²) in [4.78, 5) is 24.9. The SMILES string of the molecule is COC(=O)CCN(C(=O)COc1ccc(Cl)cc1)C(C)C. The molecule has 1 amide bonds. The largest absolute Gasteiger partial charge is 0.484 e. The van der Waals surface area contributed by atoms with E-state index in [0.717, 1.165) is 0 Å². The zero-order valence-corrected chi connectivity index (χ0v) is 13.2. The van der Waals surface area contributed by atoms with Crippen molar-refractivity contribution in [1.82, 2.24) is 4.90 Å². The molecule has 1 aromatic carbocycles. The van der Waals surface area contributed by atoms with E-state index in [-0.39, 0.29) is 30.9 Å². The minimum atomic E-state index is -0.341. The smallest absolute Gasteiger partial charge is 0.307 e. The van der Waals surface area contributed by atoms with E-state index in [1.54, 1.807) is 29.2 Å². The predicted octanol–water partition coefficient (Wildman–Crippen LogP) is 2.52. The first kappa shape index (κ1) is 17.3. The van der Waals surface area contributed by atoms with Gasteiger partial charge >= 0.3 is 5.97 Å². The van der Waals surface area contributed by atoms with Crippen LogP contribution in [0.2, 0.25) is 5.02 Å². The van der Waals surface area contributed by atoms with Gasteiger partial charge in [0.15, 0.2) is 6.61 Å². The number of carbonyl (C=O) groups is 2. The molecular formula is C15H20ClNO4. The van der Waals surface area contributed by atoms with E-state index in [1.807, 2.05) is 13.8 Å². The second-order valence-corrected chi connectivity index (χ2v) is 5.19. The molecule has 6 heteroatoms. The molecule has 1 aromatic rings. The summed E-state index contributed by atoms with van der Waals surface area (Å²) in [6.07, 6.45) is 0.168. The molecule has 0 unspecified atom stereocenters. The Labute approximate surface area is 129 Å². The van der Waals surface area contributed by atoms with Crippen LogP contribution in [0.15, 0.2) is 24.3 Å². The molecule has 0 aliphatic carbocycles. The number of benzene rings is 1. The van der Waals surface area contributed by atoms with Crippen molar-refractivity contribution in [3.63, 3.8) is 0 Å². The van der Waals surface area contributed by atoms with Crippen molar-refractivity contribution >= 4 is 23.5 Å². The first-order valence-electron chi connectivity index (χ1n) is 6.68. The molecule has 0 aliphatic rings. The van der Waals surface area contributed by atoms with Gasteiger partial charge in [-0.1, -0.05) is 11.6 Å². The number of hydrogen-bond donors (Lipinski definition) is 0. The first-order valence-corrected chi connectivity index (χ1v) is 7.06. The highest BCUT2D eigenvalue weighted by atomic mass is 35.5. The van der Waals surface area contributed by atoms with Crippen molar-refractivity contribution in [1.29, 1.82) is 0 Å². The van der Waals surface area contributed by atoms with Crippen molar-refractivity contribution in [2.24, 2.45) is 0 Å². The van der Waals surface area contributed by atoms with Gasteiger partial charge in [0.05, 0.1) is 13.5 Å². The molecule has 5 nitrogen and oxygen atoms in total. The number of nitrogens with zero attached hydrogens (tertiary/aromatic N) is 1. The molecule has 0 heterocycles. The van der Waals surface area contributed by atoms with Crippen molar-refractivity contribution in [3.8, 4) is 5.75 Å². The third kappa shape index (κ3) is 6.04. The van der Waals surface area contributed by atoms with Crippen LogP contribution in [0, 0.1) is 0 Å². The Hall–Kier alpha value is -1.75. The molecule has 21 heavy (non-hydrogen) atoms. The lowest BCUT2D eigenvalue weighted by molar-refractivity contribution is -0.142. The maximum absolute atomic E-state index is 12.1. The summed E-state index contributed by atoms with van der Waals surface area (Å²) in [7, 11) is 1.33. The van der Waals surface area contributed by atoms with E-state index in [9.17, 15) is 9.59 Å². The van der Waals surface area contributed by atoms with Gasteiger partial charge in [-0.3, -0.25) is 9.59 Å². The number of rotatable bonds is 7. The van der Waals surface area contributed by atoms with E-state index >= 15 is 0 Å². The molecular weight excluding hydrogens is 294 g/mol. The van der Waals surface area contributed by atoms with Crippen LogP contribution in [0.4, 0.5) is 0 Å². The normalized spacial score (nSPS) is 10.3. The van der Waals surface area contributed by atoms with Gasteiger partial charge in [-0.2, -0.15) is 0 Å².